The Labute approximate surface area is 203 Å². The smallest absolute Gasteiger partial charge is 0.266 e. The molecule has 1 aliphatic heterocycles. The number of thiocarbonyl (C=S) groups is 1. The second-order valence-electron chi connectivity index (χ2n) is 8.29. The number of thioether (sulfide) groups is 1. The number of para-hydroxylation sites is 1. The van der Waals surface area contributed by atoms with E-state index in [0.29, 0.717) is 9.23 Å². The van der Waals surface area contributed by atoms with Crippen molar-refractivity contribution >= 4 is 40.3 Å². The Bertz CT molecular complexity index is 1200. The van der Waals surface area contributed by atoms with Gasteiger partial charge in [0.15, 0.2) is 0 Å². The number of amides is 1. The van der Waals surface area contributed by atoms with Gasteiger partial charge in [-0.2, -0.15) is 5.10 Å². The third kappa shape index (κ3) is 4.48. The van der Waals surface area contributed by atoms with Crippen LogP contribution in [0.1, 0.15) is 37.7 Å². The van der Waals surface area contributed by atoms with Crippen LogP contribution in [0.5, 0.6) is 5.75 Å². The molecule has 5 nitrogen and oxygen atoms in total. The van der Waals surface area contributed by atoms with Crippen LogP contribution >= 0.6 is 24.0 Å². The quantitative estimate of drug-likeness (QED) is 0.330. The predicted molar refractivity (Wildman–Crippen MR) is 137 cm³/mol. The van der Waals surface area contributed by atoms with E-state index in [1.807, 2.05) is 76.5 Å². The molecule has 7 heteroatoms. The molecule has 1 saturated heterocycles. The SMILES string of the molecule is COc1ccc(-c2nn(-c3ccccc3)cc2/C=C2\SC(=S)N(C3CCCCC3)C2=O)cc1. The highest BCUT2D eigenvalue weighted by molar-refractivity contribution is 8.26. The third-order valence-electron chi connectivity index (χ3n) is 6.18. The molecule has 5 rings (SSSR count). The van der Waals surface area contributed by atoms with Gasteiger partial charge in [0, 0.05) is 23.4 Å². The van der Waals surface area contributed by atoms with Crippen LogP contribution in [-0.4, -0.2) is 38.1 Å². The molecular weight excluding hydrogens is 450 g/mol. The molecule has 0 bridgehead atoms. The van der Waals surface area contributed by atoms with Gasteiger partial charge in [-0.3, -0.25) is 9.69 Å². The molecule has 168 valence electrons. The second-order valence-corrected chi connectivity index (χ2v) is 9.96. The molecule has 1 amide bonds. The summed E-state index contributed by atoms with van der Waals surface area (Å²) >= 11 is 7.02. The molecule has 2 heterocycles. The summed E-state index contributed by atoms with van der Waals surface area (Å²) in [7, 11) is 1.65. The van der Waals surface area contributed by atoms with Crippen molar-refractivity contribution in [1.29, 1.82) is 0 Å². The van der Waals surface area contributed by atoms with E-state index in [9.17, 15) is 4.79 Å². The first kappa shape index (κ1) is 21.9. The van der Waals surface area contributed by atoms with E-state index in [-0.39, 0.29) is 11.9 Å². The van der Waals surface area contributed by atoms with E-state index in [2.05, 4.69) is 0 Å². The van der Waals surface area contributed by atoms with Gasteiger partial charge in [-0.15, -0.1) is 0 Å². The van der Waals surface area contributed by atoms with Crippen molar-refractivity contribution in [3.63, 3.8) is 0 Å². The molecule has 2 aromatic carbocycles. The van der Waals surface area contributed by atoms with Gasteiger partial charge in [0.25, 0.3) is 5.91 Å². The maximum Gasteiger partial charge on any atom is 0.266 e. The Morgan fingerprint density at radius 3 is 2.48 bits per heavy atom. The van der Waals surface area contributed by atoms with E-state index in [0.717, 1.165) is 53.9 Å². The molecule has 3 aromatic rings. The summed E-state index contributed by atoms with van der Waals surface area (Å²) in [5.74, 6) is 0.807. The standard InChI is InChI=1S/C26H25N3O2S2/c1-31-22-14-12-18(13-15-22)24-19(17-28(27-24)20-8-4-2-5-9-20)16-23-25(30)29(26(32)33-23)21-10-6-3-7-11-21/h2,4-5,8-9,12-17,21H,3,6-7,10-11H2,1H3/b23-16-. The van der Waals surface area contributed by atoms with E-state index in [4.69, 9.17) is 22.1 Å². The Kier molecular flexibility index (Phi) is 6.33. The molecule has 1 saturated carbocycles. The highest BCUT2D eigenvalue weighted by Crippen LogP contribution is 2.38. The monoisotopic (exact) mass is 475 g/mol. The minimum Gasteiger partial charge on any atom is -0.497 e. The molecule has 0 unspecified atom stereocenters. The van der Waals surface area contributed by atoms with Gasteiger partial charge in [-0.1, -0.05) is 61.4 Å². The molecular formula is C26H25N3O2S2. The van der Waals surface area contributed by atoms with Crippen molar-refractivity contribution in [3.05, 3.63) is 71.3 Å². The lowest BCUT2D eigenvalue weighted by Gasteiger charge is -2.29. The first-order valence-electron chi connectivity index (χ1n) is 11.2. The Morgan fingerprint density at radius 1 is 1.06 bits per heavy atom. The molecule has 33 heavy (non-hydrogen) atoms. The lowest BCUT2D eigenvalue weighted by molar-refractivity contribution is -0.124. The Balaban J connectivity index is 1.53. The normalized spacial score (nSPS) is 18.3. The van der Waals surface area contributed by atoms with Gasteiger partial charge in [0.1, 0.15) is 10.1 Å². The molecule has 0 radical (unpaired) electrons. The summed E-state index contributed by atoms with van der Waals surface area (Å²) in [6.45, 7) is 0. The van der Waals surface area contributed by atoms with Crippen molar-refractivity contribution in [3.8, 4) is 22.7 Å². The number of rotatable bonds is 5. The van der Waals surface area contributed by atoms with Crippen LogP contribution in [0.25, 0.3) is 23.0 Å². The fourth-order valence-corrected chi connectivity index (χ4v) is 5.85. The number of methoxy groups -OCH3 is 1. The Hall–Kier alpha value is -2.90. The minimum atomic E-state index is 0.0186. The van der Waals surface area contributed by atoms with E-state index in [1.165, 1.54) is 18.2 Å². The Morgan fingerprint density at radius 2 is 1.79 bits per heavy atom. The average Bonchev–Trinajstić information content (AvgIpc) is 3.40. The molecule has 0 N–H and O–H groups in total. The van der Waals surface area contributed by atoms with Crippen molar-refractivity contribution < 1.29 is 9.53 Å². The number of benzene rings is 2. The first-order valence-corrected chi connectivity index (χ1v) is 12.4. The molecule has 0 spiro atoms. The number of hydrogen-bond acceptors (Lipinski definition) is 5. The average molecular weight is 476 g/mol. The minimum absolute atomic E-state index is 0.0186. The van der Waals surface area contributed by atoms with Crippen LogP contribution in [0.2, 0.25) is 0 Å². The van der Waals surface area contributed by atoms with Gasteiger partial charge >= 0.3 is 0 Å². The topological polar surface area (TPSA) is 47.4 Å². The predicted octanol–water partition coefficient (Wildman–Crippen LogP) is 6.08. The lowest BCUT2D eigenvalue weighted by atomic mass is 9.94. The summed E-state index contributed by atoms with van der Waals surface area (Å²) in [5.41, 5.74) is 3.61. The number of carbonyl (C=O) groups excluding carboxylic acids is 1. The molecule has 1 aromatic heterocycles. The van der Waals surface area contributed by atoms with Crippen molar-refractivity contribution in [1.82, 2.24) is 14.7 Å². The van der Waals surface area contributed by atoms with Crippen molar-refractivity contribution in [2.45, 2.75) is 38.1 Å². The van der Waals surface area contributed by atoms with Crippen molar-refractivity contribution in [2.75, 3.05) is 7.11 Å². The maximum atomic E-state index is 13.3. The second kappa shape index (κ2) is 9.53. The number of ether oxygens (including phenoxy) is 1. The zero-order valence-corrected chi connectivity index (χ0v) is 20.1. The highest BCUT2D eigenvalue weighted by Gasteiger charge is 2.37. The third-order valence-corrected chi connectivity index (χ3v) is 7.51. The fraction of sp³-hybridized carbons (Fsp3) is 0.269. The van der Waals surface area contributed by atoms with Gasteiger partial charge < -0.3 is 4.74 Å². The number of aromatic nitrogens is 2. The van der Waals surface area contributed by atoms with Crippen LogP contribution in [0.15, 0.2) is 65.7 Å². The number of carbonyl (C=O) groups is 1. The summed E-state index contributed by atoms with van der Waals surface area (Å²) in [4.78, 5) is 15.8. The zero-order valence-electron chi connectivity index (χ0n) is 18.4. The number of nitrogens with zero attached hydrogens (tertiary/aromatic N) is 3. The first-order chi connectivity index (χ1) is 16.1. The number of hydrogen-bond donors (Lipinski definition) is 0. The summed E-state index contributed by atoms with van der Waals surface area (Å²) in [6.07, 6.45) is 9.53. The van der Waals surface area contributed by atoms with E-state index in [1.54, 1.807) is 7.11 Å². The van der Waals surface area contributed by atoms with Gasteiger partial charge in [-0.05, 0) is 55.3 Å². The van der Waals surface area contributed by atoms with Crippen LogP contribution in [0.4, 0.5) is 0 Å². The van der Waals surface area contributed by atoms with Crippen LogP contribution in [-0.2, 0) is 4.79 Å². The molecule has 2 fully saturated rings. The largest absolute Gasteiger partial charge is 0.497 e. The maximum absolute atomic E-state index is 13.3. The lowest BCUT2D eigenvalue weighted by Crippen LogP contribution is -2.39. The molecule has 0 atom stereocenters. The summed E-state index contributed by atoms with van der Waals surface area (Å²) in [5, 5.41) is 4.87. The van der Waals surface area contributed by atoms with Gasteiger partial charge in [-0.25, -0.2) is 4.68 Å². The van der Waals surface area contributed by atoms with Crippen LogP contribution < -0.4 is 4.74 Å². The van der Waals surface area contributed by atoms with Gasteiger partial charge in [0.2, 0.25) is 0 Å². The van der Waals surface area contributed by atoms with Crippen molar-refractivity contribution in [2.24, 2.45) is 0 Å². The fourth-order valence-electron chi connectivity index (χ4n) is 4.45. The highest BCUT2D eigenvalue weighted by atomic mass is 32.2. The zero-order chi connectivity index (χ0) is 22.8. The van der Waals surface area contributed by atoms with Crippen LogP contribution in [0.3, 0.4) is 0 Å². The van der Waals surface area contributed by atoms with Gasteiger partial charge in [0.05, 0.1) is 23.4 Å². The van der Waals surface area contributed by atoms with Crippen LogP contribution in [0, 0.1) is 0 Å². The van der Waals surface area contributed by atoms with E-state index >= 15 is 0 Å². The van der Waals surface area contributed by atoms with E-state index < -0.39 is 0 Å². The summed E-state index contributed by atoms with van der Waals surface area (Å²) in [6, 6.07) is 18.0. The summed E-state index contributed by atoms with van der Waals surface area (Å²) < 4.78 is 7.83. The molecule has 2 aliphatic rings. The molecule has 1 aliphatic carbocycles.